The molecule has 20 nitrogen and oxygen atoms in total. The van der Waals surface area contributed by atoms with Crippen molar-refractivity contribution in [3.63, 3.8) is 0 Å². The van der Waals surface area contributed by atoms with E-state index in [1.165, 1.54) is 13.8 Å². The molecule has 59 heavy (non-hydrogen) atoms. The number of non-ortho nitro benzene ring substituents is 2. The highest BCUT2D eigenvalue weighted by Crippen LogP contribution is 2.47. The zero-order valence-electron chi connectivity index (χ0n) is 33.2. The normalized spacial score (nSPS) is 14.3. The lowest BCUT2D eigenvalue weighted by atomic mass is 10.1. The van der Waals surface area contributed by atoms with E-state index in [4.69, 9.17) is 18.9 Å². The Balaban J connectivity index is 0.00000186. The highest BCUT2D eigenvalue weighted by Gasteiger charge is 2.49. The lowest BCUT2D eigenvalue weighted by Gasteiger charge is -2.33. The molecule has 0 amide bonds. The number of ether oxygens (including phenoxy) is 4. The first-order chi connectivity index (χ1) is 28.4. The average Bonchev–Trinajstić information content (AvgIpc) is 3.33. The number of benzene rings is 2. The Labute approximate surface area is 337 Å². The molecule has 0 atom stereocenters. The number of nitrogens with zero attached hydrogens (tertiary/aromatic N) is 10. The number of aromatic nitrogens is 2. The highest BCUT2D eigenvalue weighted by molar-refractivity contribution is 5.65. The van der Waals surface area contributed by atoms with Gasteiger partial charge in [0.2, 0.25) is 11.8 Å². The Bertz CT molecular complexity index is 2390. The fourth-order valence-electron chi connectivity index (χ4n) is 5.74. The van der Waals surface area contributed by atoms with Crippen LogP contribution in [-0.2, 0) is 13.1 Å². The van der Waals surface area contributed by atoms with Crippen LogP contribution in [0.3, 0.4) is 0 Å². The van der Waals surface area contributed by atoms with Crippen LogP contribution in [0.15, 0.2) is 79.6 Å². The van der Waals surface area contributed by atoms with Gasteiger partial charge >= 0.3 is 6.16 Å². The van der Waals surface area contributed by atoms with Crippen molar-refractivity contribution in [3.05, 3.63) is 113 Å². The molecule has 0 saturated heterocycles. The third kappa shape index (κ3) is 8.66. The molecule has 0 aliphatic carbocycles. The molecule has 306 valence electrons. The number of fused-ring (bicyclic) bond motifs is 4. The van der Waals surface area contributed by atoms with Crippen LogP contribution in [0.4, 0.5) is 34.1 Å². The SMILES string of the molecule is C=C.CC.CCCCn1c2c(c(C)c(C#N)c1=O)N=Nc1cc([N+](=O)[O-])ccc1OC1(Oc3ccc([N+](=O)[O-])cc3N=Nc3c(C)c(C#N)c(=O)n(CCCC)c3O1)O2. The number of nitro benzene ring substituents is 2. The Hall–Kier alpha value is -7.74. The monoisotopic (exact) mass is 808 g/mol. The van der Waals surface area contributed by atoms with Crippen molar-refractivity contribution in [2.75, 3.05) is 0 Å². The lowest BCUT2D eigenvalue weighted by Crippen LogP contribution is -2.55. The Morgan fingerprint density at radius 3 is 1.39 bits per heavy atom. The second-order valence-electron chi connectivity index (χ2n) is 12.3. The van der Waals surface area contributed by atoms with Gasteiger partial charge in [-0.05, 0) is 38.8 Å². The summed E-state index contributed by atoms with van der Waals surface area (Å²) in [6, 6.07) is 10.4. The molecule has 2 aliphatic rings. The number of nitro groups is 2. The molecule has 0 saturated carbocycles. The van der Waals surface area contributed by atoms with E-state index in [2.05, 4.69) is 33.6 Å². The molecular formula is C39H40N10O10. The summed E-state index contributed by atoms with van der Waals surface area (Å²) in [6.45, 7) is 16.5. The van der Waals surface area contributed by atoms with Gasteiger partial charge < -0.3 is 18.9 Å². The third-order valence-corrected chi connectivity index (χ3v) is 8.70. The Kier molecular flexibility index (Phi) is 14.1. The van der Waals surface area contributed by atoms with E-state index in [1.807, 2.05) is 39.8 Å². The van der Waals surface area contributed by atoms with E-state index in [-0.39, 0.29) is 81.4 Å². The largest absolute Gasteiger partial charge is 0.613 e. The summed E-state index contributed by atoms with van der Waals surface area (Å²) in [5, 5.41) is 60.9. The van der Waals surface area contributed by atoms with Crippen LogP contribution in [0.5, 0.6) is 23.3 Å². The number of hydrogen-bond acceptors (Lipinski definition) is 16. The molecule has 0 fully saturated rings. The molecule has 6 rings (SSSR count). The molecule has 0 N–H and O–H groups in total. The maximum Gasteiger partial charge on any atom is 0.613 e. The van der Waals surface area contributed by atoms with Gasteiger partial charge in [-0.1, -0.05) is 40.5 Å². The predicted octanol–water partition coefficient (Wildman–Crippen LogP) is 9.30. The zero-order valence-corrected chi connectivity index (χ0v) is 33.2. The van der Waals surface area contributed by atoms with Crippen LogP contribution in [0, 0.1) is 56.7 Å². The molecular weight excluding hydrogens is 768 g/mol. The third-order valence-electron chi connectivity index (χ3n) is 8.70. The van der Waals surface area contributed by atoms with Gasteiger partial charge in [0, 0.05) is 48.5 Å². The van der Waals surface area contributed by atoms with Crippen LogP contribution in [0.25, 0.3) is 0 Å². The molecule has 4 aromatic rings. The summed E-state index contributed by atoms with van der Waals surface area (Å²) in [4.78, 5) is 50.2. The van der Waals surface area contributed by atoms with Crippen LogP contribution in [0.1, 0.15) is 75.6 Å². The van der Waals surface area contributed by atoms with Crippen molar-refractivity contribution in [2.45, 2.75) is 86.5 Å². The average molecular weight is 809 g/mol. The maximum absolute atomic E-state index is 13.9. The fourth-order valence-corrected chi connectivity index (χ4v) is 5.74. The maximum atomic E-state index is 13.9. The molecule has 4 heterocycles. The van der Waals surface area contributed by atoms with Gasteiger partial charge in [-0.3, -0.25) is 39.0 Å². The zero-order chi connectivity index (χ0) is 43.6. The van der Waals surface area contributed by atoms with Crippen LogP contribution in [0.2, 0.25) is 0 Å². The van der Waals surface area contributed by atoms with Gasteiger partial charge in [0.25, 0.3) is 22.5 Å². The number of unbranched alkanes of at least 4 members (excludes halogenated alkanes) is 2. The number of azo groups is 2. The summed E-state index contributed by atoms with van der Waals surface area (Å²) in [5.74, 6) is -1.33. The highest BCUT2D eigenvalue weighted by atomic mass is 17.0. The quantitative estimate of drug-likeness (QED) is 0.0915. The van der Waals surface area contributed by atoms with Crippen molar-refractivity contribution in [3.8, 4) is 35.4 Å². The Morgan fingerprint density at radius 1 is 0.695 bits per heavy atom. The first kappa shape index (κ1) is 44.0. The van der Waals surface area contributed by atoms with E-state index in [0.29, 0.717) is 25.7 Å². The van der Waals surface area contributed by atoms with Gasteiger partial charge in [-0.2, -0.15) is 10.5 Å². The van der Waals surface area contributed by atoms with E-state index in [0.717, 1.165) is 45.5 Å². The van der Waals surface area contributed by atoms with Crippen molar-refractivity contribution < 1.29 is 28.8 Å². The minimum Gasteiger partial charge on any atom is -0.384 e. The first-order valence-corrected chi connectivity index (χ1v) is 18.4. The molecule has 2 aromatic carbocycles. The number of rotatable bonds is 8. The molecule has 0 bridgehead atoms. The summed E-state index contributed by atoms with van der Waals surface area (Å²) in [5.41, 5.74) is -3.80. The standard InChI is InChI=1S/C35H30N10O10.C2H6.C2H4/c1-5-7-13-42-31(46)23(17-36)19(3)29-33(42)54-35(52-27-11-9-21(44(48)49)15-25(27)38-40-29)53-28-12-10-22(45(50)51)16-26(28)39-41-30-20(4)24(18-37)32(47)43(14-8-6-2)34(30)55-35;2*1-2/h9-12,15-16H,5-8,13-14H2,1-4H3;1-2H3;1-2H2. The number of pyridine rings is 2. The second-order valence-corrected chi connectivity index (χ2v) is 12.3. The summed E-state index contributed by atoms with van der Waals surface area (Å²) in [6.07, 6.45) is -1.01. The Morgan fingerprint density at radius 2 is 1.07 bits per heavy atom. The molecule has 2 aliphatic heterocycles. The minimum absolute atomic E-state index is 0.0156. The predicted molar refractivity (Wildman–Crippen MR) is 213 cm³/mol. The van der Waals surface area contributed by atoms with E-state index >= 15 is 0 Å². The lowest BCUT2D eigenvalue weighted by molar-refractivity contribution is -0.385. The number of hydrogen-bond donors (Lipinski definition) is 0. The molecule has 2 aromatic heterocycles. The van der Waals surface area contributed by atoms with Gasteiger partial charge in [0.05, 0.1) is 9.85 Å². The van der Waals surface area contributed by atoms with Crippen molar-refractivity contribution in [2.24, 2.45) is 20.5 Å². The topological polar surface area (TPSA) is 264 Å². The number of nitriles is 2. The van der Waals surface area contributed by atoms with Gasteiger partial charge in [-0.25, -0.2) is 0 Å². The van der Waals surface area contributed by atoms with E-state index < -0.39 is 38.5 Å². The van der Waals surface area contributed by atoms with E-state index in [1.54, 1.807) is 0 Å². The smallest absolute Gasteiger partial charge is 0.384 e. The van der Waals surface area contributed by atoms with Crippen LogP contribution >= 0.6 is 0 Å². The second kappa shape index (κ2) is 18.9. The van der Waals surface area contributed by atoms with Crippen molar-refractivity contribution >= 4 is 34.1 Å². The van der Waals surface area contributed by atoms with Crippen LogP contribution < -0.4 is 30.1 Å². The van der Waals surface area contributed by atoms with Gasteiger partial charge in [0.15, 0.2) is 22.9 Å². The van der Waals surface area contributed by atoms with Crippen molar-refractivity contribution in [1.82, 2.24) is 9.13 Å². The molecule has 0 radical (unpaired) electrons. The molecule has 1 spiro atoms. The van der Waals surface area contributed by atoms with Gasteiger partial charge in [0.1, 0.15) is 34.6 Å². The summed E-state index contributed by atoms with van der Waals surface area (Å²) >= 11 is 0. The van der Waals surface area contributed by atoms with Crippen LogP contribution in [-0.4, -0.2) is 25.1 Å². The van der Waals surface area contributed by atoms with Crippen molar-refractivity contribution in [1.29, 1.82) is 10.5 Å². The van der Waals surface area contributed by atoms with Gasteiger partial charge in [-0.15, -0.1) is 33.6 Å². The minimum atomic E-state index is -3.01. The fraction of sp³-hybridized carbons (Fsp3) is 0.333. The van der Waals surface area contributed by atoms with E-state index in [9.17, 15) is 40.3 Å². The molecule has 20 heteroatoms. The molecule has 0 unspecified atom stereocenters. The first-order valence-electron chi connectivity index (χ1n) is 18.4. The summed E-state index contributed by atoms with van der Waals surface area (Å²) in [7, 11) is 0. The summed E-state index contributed by atoms with van der Waals surface area (Å²) < 4.78 is 28.1.